The minimum Gasteiger partial charge on any atom is -0.381 e. The van der Waals surface area contributed by atoms with Gasteiger partial charge in [-0.2, -0.15) is 0 Å². The Bertz CT molecular complexity index is 408. The minimum absolute atomic E-state index is 0.234. The second-order valence-corrected chi connectivity index (χ2v) is 3.87. The number of rotatable bonds is 7. The lowest BCUT2D eigenvalue weighted by Gasteiger charge is -2.18. The molecule has 0 spiro atoms. The number of nitro benzene ring substituents is 1. The Balaban J connectivity index is 2.55. The third-order valence-electron chi connectivity index (χ3n) is 2.80. The Morgan fingerprint density at radius 1 is 1.39 bits per heavy atom. The normalized spacial score (nSPS) is 10.7. The molecule has 1 rings (SSSR count). The molecule has 5 nitrogen and oxygen atoms in total. The summed E-state index contributed by atoms with van der Waals surface area (Å²) >= 11 is 0. The lowest BCUT2D eigenvalue weighted by molar-refractivity contribution is -0.385. The molecule has 18 heavy (non-hydrogen) atoms. The third kappa shape index (κ3) is 3.96. The standard InChI is InChI=1S/C12H18FN3O2/c1-3-15(4-2)8-7-14-12-6-5-10(16(17)18)9-11(12)13/h5-6,9,14H,3-4,7-8H2,1-2H3. The molecule has 0 aliphatic carbocycles. The summed E-state index contributed by atoms with van der Waals surface area (Å²) in [5.74, 6) is -0.594. The number of nitrogens with one attached hydrogen (secondary N) is 1. The molecular formula is C12H18FN3O2. The maximum atomic E-state index is 13.5. The second kappa shape index (κ2) is 6.90. The molecule has 0 aliphatic heterocycles. The maximum absolute atomic E-state index is 13.5. The molecule has 0 bridgehead atoms. The highest BCUT2D eigenvalue weighted by atomic mass is 19.1. The summed E-state index contributed by atoms with van der Waals surface area (Å²) in [6, 6.07) is 3.62. The van der Waals surface area contributed by atoms with Crippen LogP contribution in [-0.2, 0) is 0 Å². The zero-order valence-electron chi connectivity index (χ0n) is 10.6. The van der Waals surface area contributed by atoms with E-state index in [1.165, 1.54) is 12.1 Å². The Labute approximate surface area is 106 Å². The first-order chi connectivity index (χ1) is 8.58. The molecule has 0 aliphatic rings. The van der Waals surface area contributed by atoms with Gasteiger partial charge in [0.25, 0.3) is 5.69 Å². The summed E-state index contributed by atoms with van der Waals surface area (Å²) in [5.41, 5.74) is 0.0644. The molecule has 0 aromatic heterocycles. The molecule has 1 aromatic rings. The van der Waals surface area contributed by atoms with E-state index in [9.17, 15) is 14.5 Å². The van der Waals surface area contributed by atoms with Crippen LogP contribution in [0.2, 0.25) is 0 Å². The molecule has 100 valence electrons. The lowest BCUT2D eigenvalue weighted by Crippen LogP contribution is -2.28. The molecule has 0 saturated carbocycles. The van der Waals surface area contributed by atoms with Gasteiger partial charge in [-0.15, -0.1) is 0 Å². The fourth-order valence-corrected chi connectivity index (χ4v) is 1.65. The summed E-state index contributed by atoms with van der Waals surface area (Å²) < 4.78 is 13.5. The van der Waals surface area contributed by atoms with Crippen molar-refractivity contribution >= 4 is 11.4 Å². The van der Waals surface area contributed by atoms with E-state index in [1.54, 1.807) is 0 Å². The topological polar surface area (TPSA) is 58.4 Å². The van der Waals surface area contributed by atoms with Gasteiger partial charge in [-0.3, -0.25) is 10.1 Å². The number of halogens is 1. The Morgan fingerprint density at radius 3 is 2.56 bits per heavy atom. The van der Waals surface area contributed by atoms with E-state index in [0.29, 0.717) is 12.2 Å². The van der Waals surface area contributed by atoms with Crippen LogP contribution >= 0.6 is 0 Å². The Morgan fingerprint density at radius 2 is 2.06 bits per heavy atom. The van der Waals surface area contributed by atoms with Gasteiger partial charge in [0.1, 0.15) is 0 Å². The van der Waals surface area contributed by atoms with E-state index in [2.05, 4.69) is 24.1 Å². The van der Waals surface area contributed by atoms with Crippen LogP contribution in [0.3, 0.4) is 0 Å². The third-order valence-corrected chi connectivity index (χ3v) is 2.80. The van der Waals surface area contributed by atoms with Crippen molar-refractivity contribution in [2.24, 2.45) is 0 Å². The fraction of sp³-hybridized carbons (Fsp3) is 0.500. The van der Waals surface area contributed by atoms with Crippen LogP contribution in [0.4, 0.5) is 15.8 Å². The number of hydrogen-bond acceptors (Lipinski definition) is 4. The van der Waals surface area contributed by atoms with E-state index in [4.69, 9.17) is 0 Å². The first kappa shape index (κ1) is 14.4. The average molecular weight is 255 g/mol. The van der Waals surface area contributed by atoms with Crippen molar-refractivity contribution in [3.63, 3.8) is 0 Å². The quantitative estimate of drug-likeness (QED) is 0.600. The van der Waals surface area contributed by atoms with Crippen molar-refractivity contribution in [2.75, 3.05) is 31.5 Å². The van der Waals surface area contributed by atoms with Gasteiger partial charge in [-0.05, 0) is 19.2 Å². The van der Waals surface area contributed by atoms with E-state index in [-0.39, 0.29) is 5.69 Å². The Kier molecular flexibility index (Phi) is 5.51. The first-order valence-corrected chi connectivity index (χ1v) is 5.98. The van der Waals surface area contributed by atoms with Crippen LogP contribution in [-0.4, -0.2) is 36.0 Å². The molecule has 0 fully saturated rings. The number of non-ortho nitro benzene ring substituents is 1. The number of hydrogen-bond donors (Lipinski definition) is 1. The number of benzene rings is 1. The second-order valence-electron chi connectivity index (χ2n) is 3.87. The van der Waals surface area contributed by atoms with E-state index in [1.807, 2.05) is 0 Å². The van der Waals surface area contributed by atoms with Gasteiger partial charge < -0.3 is 10.2 Å². The van der Waals surface area contributed by atoms with Crippen molar-refractivity contribution in [2.45, 2.75) is 13.8 Å². The van der Waals surface area contributed by atoms with Crippen molar-refractivity contribution in [1.82, 2.24) is 4.90 Å². The largest absolute Gasteiger partial charge is 0.381 e. The number of nitro groups is 1. The molecule has 1 N–H and O–H groups in total. The first-order valence-electron chi connectivity index (χ1n) is 5.98. The van der Waals surface area contributed by atoms with Gasteiger partial charge >= 0.3 is 0 Å². The number of likely N-dealkylation sites (N-methyl/N-ethyl adjacent to an activating group) is 1. The molecule has 0 heterocycles. The molecule has 0 saturated heterocycles. The highest BCUT2D eigenvalue weighted by Gasteiger charge is 2.10. The monoisotopic (exact) mass is 255 g/mol. The molecule has 0 radical (unpaired) electrons. The summed E-state index contributed by atoms with van der Waals surface area (Å²) in [4.78, 5) is 12.1. The van der Waals surface area contributed by atoms with Gasteiger partial charge in [0.15, 0.2) is 5.82 Å². The van der Waals surface area contributed by atoms with E-state index in [0.717, 1.165) is 25.7 Å². The zero-order chi connectivity index (χ0) is 13.5. The molecule has 6 heteroatoms. The van der Waals surface area contributed by atoms with Gasteiger partial charge in [0.2, 0.25) is 0 Å². The van der Waals surface area contributed by atoms with Gasteiger partial charge in [0, 0.05) is 19.2 Å². The van der Waals surface area contributed by atoms with E-state index >= 15 is 0 Å². The molecule has 0 amide bonds. The molecule has 0 unspecified atom stereocenters. The van der Waals surface area contributed by atoms with Crippen LogP contribution in [0.15, 0.2) is 18.2 Å². The van der Waals surface area contributed by atoms with Crippen molar-refractivity contribution in [1.29, 1.82) is 0 Å². The Hall–Kier alpha value is -1.69. The van der Waals surface area contributed by atoms with Gasteiger partial charge in [0.05, 0.1) is 16.7 Å². The van der Waals surface area contributed by atoms with Crippen LogP contribution in [0.1, 0.15) is 13.8 Å². The molecule has 0 atom stereocenters. The number of nitrogens with zero attached hydrogens (tertiary/aromatic N) is 2. The summed E-state index contributed by atoms with van der Waals surface area (Å²) in [7, 11) is 0. The van der Waals surface area contributed by atoms with Gasteiger partial charge in [-0.1, -0.05) is 13.8 Å². The fourth-order valence-electron chi connectivity index (χ4n) is 1.65. The molecular weight excluding hydrogens is 237 g/mol. The van der Waals surface area contributed by atoms with Crippen LogP contribution in [0, 0.1) is 15.9 Å². The van der Waals surface area contributed by atoms with Gasteiger partial charge in [-0.25, -0.2) is 4.39 Å². The van der Waals surface area contributed by atoms with Crippen molar-refractivity contribution in [3.05, 3.63) is 34.1 Å². The smallest absolute Gasteiger partial charge is 0.272 e. The van der Waals surface area contributed by atoms with Crippen molar-refractivity contribution in [3.8, 4) is 0 Å². The minimum atomic E-state index is -0.608. The van der Waals surface area contributed by atoms with Crippen LogP contribution < -0.4 is 5.32 Å². The van der Waals surface area contributed by atoms with E-state index < -0.39 is 10.7 Å². The predicted molar refractivity (Wildman–Crippen MR) is 69.3 cm³/mol. The summed E-state index contributed by atoms with van der Waals surface area (Å²) in [6.45, 7) is 7.44. The average Bonchev–Trinajstić information content (AvgIpc) is 2.36. The van der Waals surface area contributed by atoms with Crippen LogP contribution in [0.25, 0.3) is 0 Å². The summed E-state index contributed by atoms with van der Waals surface area (Å²) in [5, 5.41) is 13.4. The zero-order valence-corrected chi connectivity index (χ0v) is 10.6. The molecule has 1 aromatic carbocycles. The van der Waals surface area contributed by atoms with Crippen molar-refractivity contribution < 1.29 is 9.31 Å². The summed E-state index contributed by atoms with van der Waals surface area (Å²) in [6.07, 6.45) is 0. The predicted octanol–water partition coefficient (Wildman–Crippen LogP) is 2.49. The number of anilines is 1. The highest BCUT2D eigenvalue weighted by molar-refractivity contribution is 5.50. The highest BCUT2D eigenvalue weighted by Crippen LogP contribution is 2.20. The maximum Gasteiger partial charge on any atom is 0.272 e. The lowest BCUT2D eigenvalue weighted by atomic mass is 10.2. The van der Waals surface area contributed by atoms with Crippen LogP contribution in [0.5, 0.6) is 0 Å². The SMILES string of the molecule is CCN(CC)CCNc1ccc([N+](=O)[O-])cc1F.